The van der Waals surface area contributed by atoms with E-state index in [2.05, 4.69) is 45.4 Å². The second kappa shape index (κ2) is 10.2. The van der Waals surface area contributed by atoms with E-state index >= 15 is 0 Å². The van der Waals surface area contributed by atoms with Gasteiger partial charge in [-0.2, -0.15) is 10.2 Å². The average Bonchev–Trinajstić information content (AvgIpc) is 3.52. The maximum atomic E-state index is 11.9. The molecule has 2 fully saturated rings. The van der Waals surface area contributed by atoms with E-state index < -0.39 is 0 Å². The van der Waals surface area contributed by atoms with Crippen LogP contribution in [0.25, 0.3) is 0 Å². The van der Waals surface area contributed by atoms with E-state index in [1.807, 2.05) is 12.4 Å². The summed E-state index contributed by atoms with van der Waals surface area (Å²) in [4.78, 5) is 23.7. The van der Waals surface area contributed by atoms with Crippen LogP contribution in [-0.4, -0.2) is 24.2 Å². The Balaban J connectivity index is 0.981. The normalized spacial score (nSPS) is 33.3. The molecular weight excluding hydrogens is 376 g/mol. The van der Waals surface area contributed by atoms with Crippen molar-refractivity contribution in [2.75, 3.05) is 0 Å². The van der Waals surface area contributed by atoms with Crippen LogP contribution in [-0.2, 0) is 9.59 Å². The van der Waals surface area contributed by atoms with Crippen LogP contribution in [0.2, 0.25) is 0 Å². The molecule has 0 spiro atoms. The molecule has 0 saturated heterocycles. The van der Waals surface area contributed by atoms with E-state index in [0.29, 0.717) is 36.5 Å². The van der Waals surface area contributed by atoms with Gasteiger partial charge in [0.15, 0.2) is 0 Å². The SMILES string of the molecule is O=C(CCCCCCC(=O)NN=C[C@H]1C[C@H]2C=C[C@H]1C2)NN=C[C@@H]1C[C@H]2C=C[C@H]1C2. The minimum Gasteiger partial charge on any atom is -0.273 e. The summed E-state index contributed by atoms with van der Waals surface area (Å²) in [6, 6.07) is 0. The van der Waals surface area contributed by atoms with E-state index in [1.54, 1.807) is 0 Å². The van der Waals surface area contributed by atoms with Crippen LogP contribution in [0.15, 0.2) is 34.5 Å². The van der Waals surface area contributed by atoms with Gasteiger partial charge < -0.3 is 0 Å². The highest BCUT2D eigenvalue weighted by atomic mass is 16.2. The quantitative estimate of drug-likeness (QED) is 0.234. The lowest BCUT2D eigenvalue weighted by molar-refractivity contribution is -0.122. The van der Waals surface area contributed by atoms with Gasteiger partial charge in [0.2, 0.25) is 11.8 Å². The Morgan fingerprint density at radius 1 is 0.700 bits per heavy atom. The van der Waals surface area contributed by atoms with Gasteiger partial charge in [-0.15, -0.1) is 0 Å². The Bertz CT molecular complexity index is 679. The van der Waals surface area contributed by atoms with Gasteiger partial charge in [-0.3, -0.25) is 9.59 Å². The molecule has 2 N–H and O–H groups in total. The lowest BCUT2D eigenvalue weighted by atomic mass is 9.95. The third-order valence-corrected chi connectivity index (χ3v) is 7.13. The Kier molecular flexibility index (Phi) is 7.13. The third kappa shape index (κ3) is 5.67. The number of hydrazone groups is 2. The molecule has 4 aliphatic carbocycles. The Labute approximate surface area is 179 Å². The molecule has 4 aliphatic rings. The molecule has 0 radical (unpaired) electrons. The highest BCUT2D eigenvalue weighted by Crippen LogP contribution is 2.43. The molecule has 0 aromatic carbocycles. The molecule has 0 aromatic heterocycles. The first-order valence-corrected chi connectivity index (χ1v) is 11.7. The number of hydrogen-bond donors (Lipinski definition) is 2. The van der Waals surface area contributed by atoms with Crippen LogP contribution in [0.5, 0.6) is 0 Å². The molecule has 0 heterocycles. The second-order valence-electron chi connectivity index (χ2n) is 9.43. The largest absolute Gasteiger partial charge is 0.273 e. The minimum atomic E-state index is -0.0208. The average molecular weight is 411 g/mol. The zero-order valence-corrected chi connectivity index (χ0v) is 17.7. The number of allylic oxidation sites excluding steroid dienone is 4. The number of rotatable bonds is 11. The molecule has 2 amide bonds. The maximum absolute atomic E-state index is 11.9. The first kappa shape index (κ1) is 21.0. The molecule has 6 nitrogen and oxygen atoms in total. The molecule has 2 saturated carbocycles. The summed E-state index contributed by atoms with van der Waals surface area (Å²) >= 11 is 0. The standard InChI is InChI=1S/C24H34N4O2/c29-23(27-25-15-21-13-17-7-9-19(21)11-17)5-3-1-2-4-6-24(30)28-26-16-22-14-18-8-10-20(22)12-18/h7-10,15-22H,1-6,11-14H2,(H,27,29)(H,28,30)/t17-,18-,19-,20-,21-,22+/m0/s1. The molecule has 30 heavy (non-hydrogen) atoms. The molecule has 6 heteroatoms. The van der Waals surface area contributed by atoms with Gasteiger partial charge in [-0.25, -0.2) is 10.9 Å². The van der Waals surface area contributed by atoms with Gasteiger partial charge in [-0.05, 0) is 62.2 Å². The van der Waals surface area contributed by atoms with Crippen LogP contribution in [0.3, 0.4) is 0 Å². The summed E-state index contributed by atoms with van der Waals surface area (Å²) in [7, 11) is 0. The summed E-state index contributed by atoms with van der Waals surface area (Å²) < 4.78 is 0. The topological polar surface area (TPSA) is 82.9 Å². The van der Waals surface area contributed by atoms with Gasteiger partial charge in [0, 0.05) is 37.1 Å². The fourth-order valence-electron chi connectivity index (χ4n) is 5.44. The number of amides is 2. The van der Waals surface area contributed by atoms with Crippen molar-refractivity contribution >= 4 is 24.2 Å². The molecule has 0 aliphatic heterocycles. The number of carbonyl (C=O) groups is 2. The molecule has 6 atom stereocenters. The predicted octanol–water partition coefficient (Wildman–Crippen LogP) is 3.96. The van der Waals surface area contributed by atoms with Crippen molar-refractivity contribution < 1.29 is 9.59 Å². The first-order chi connectivity index (χ1) is 14.7. The molecule has 0 aromatic rings. The van der Waals surface area contributed by atoms with Gasteiger partial charge in [0.05, 0.1) is 0 Å². The van der Waals surface area contributed by atoms with Crippen molar-refractivity contribution in [2.24, 2.45) is 45.7 Å². The van der Waals surface area contributed by atoms with E-state index in [1.165, 1.54) is 25.7 Å². The Morgan fingerprint density at radius 3 is 1.53 bits per heavy atom. The predicted molar refractivity (Wildman–Crippen MR) is 119 cm³/mol. The second-order valence-corrected chi connectivity index (χ2v) is 9.43. The third-order valence-electron chi connectivity index (χ3n) is 7.13. The van der Waals surface area contributed by atoms with Gasteiger partial charge in [-0.1, -0.05) is 37.1 Å². The highest BCUT2D eigenvalue weighted by molar-refractivity contribution is 5.77. The van der Waals surface area contributed by atoms with E-state index in [-0.39, 0.29) is 11.8 Å². The van der Waals surface area contributed by atoms with E-state index in [9.17, 15) is 9.59 Å². The number of nitrogens with zero attached hydrogens (tertiary/aromatic N) is 2. The molecule has 4 bridgehead atoms. The van der Waals surface area contributed by atoms with E-state index in [4.69, 9.17) is 0 Å². The van der Waals surface area contributed by atoms with Crippen LogP contribution in [0.4, 0.5) is 0 Å². The summed E-state index contributed by atoms with van der Waals surface area (Å²) in [5.74, 6) is 3.61. The fraction of sp³-hybridized carbons (Fsp3) is 0.667. The van der Waals surface area contributed by atoms with E-state index in [0.717, 1.165) is 37.5 Å². The zero-order valence-electron chi connectivity index (χ0n) is 17.7. The number of nitrogens with one attached hydrogen (secondary N) is 2. The van der Waals surface area contributed by atoms with Crippen LogP contribution in [0.1, 0.15) is 64.2 Å². The summed E-state index contributed by atoms with van der Waals surface area (Å²) in [5, 5.41) is 8.30. The molecular formula is C24H34N4O2. The Morgan fingerprint density at radius 2 is 1.17 bits per heavy atom. The van der Waals surface area contributed by atoms with Crippen LogP contribution < -0.4 is 10.9 Å². The molecule has 162 valence electrons. The van der Waals surface area contributed by atoms with Crippen molar-refractivity contribution in [2.45, 2.75) is 64.2 Å². The van der Waals surface area contributed by atoms with Crippen molar-refractivity contribution in [1.29, 1.82) is 0 Å². The fourth-order valence-corrected chi connectivity index (χ4v) is 5.44. The van der Waals surface area contributed by atoms with Gasteiger partial charge in [0.25, 0.3) is 0 Å². The summed E-state index contributed by atoms with van der Waals surface area (Å²) in [5.41, 5.74) is 5.31. The highest BCUT2D eigenvalue weighted by Gasteiger charge is 2.35. The Hall–Kier alpha value is -2.24. The van der Waals surface area contributed by atoms with Gasteiger partial charge >= 0.3 is 0 Å². The summed E-state index contributed by atoms with van der Waals surface area (Å²) in [6.45, 7) is 0. The lowest BCUT2D eigenvalue weighted by Gasteiger charge is -2.12. The smallest absolute Gasteiger partial charge is 0.240 e. The van der Waals surface area contributed by atoms with Crippen molar-refractivity contribution in [3.05, 3.63) is 24.3 Å². The number of unbranched alkanes of at least 4 members (excludes halogenated alkanes) is 3. The number of hydrogen-bond acceptors (Lipinski definition) is 4. The number of fused-ring (bicyclic) bond motifs is 4. The monoisotopic (exact) mass is 410 g/mol. The lowest BCUT2D eigenvalue weighted by Crippen LogP contribution is -2.19. The minimum absolute atomic E-state index is 0.0208. The van der Waals surface area contributed by atoms with Crippen molar-refractivity contribution in [3.63, 3.8) is 0 Å². The zero-order chi connectivity index (χ0) is 20.8. The molecule has 4 rings (SSSR count). The van der Waals surface area contributed by atoms with Gasteiger partial charge in [0.1, 0.15) is 0 Å². The number of carbonyl (C=O) groups excluding carboxylic acids is 2. The van der Waals surface area contributed by atoms with Crippen LogP contribution in [0, 0.1) is 35.5 Å². The van der Waals surface area contributed by atoms with Crippen molar-refractivity contribution in [3.8, 4) is 0 Å². The molecule has 0 unspecified atom stereocenters. The van der Waals surface area contributed by atoms with Crippen LogP contribution >= 0.6 is 0 Å². The first-order valence-electron chi connectivity index (χ1n) is 11.7. The van der Waals surface area contributed by atoms with Crippen molar-refractivity contribution in [1.82, 2.24) is 10.9 Å². The maximum Gasteiger partial charge on any atom is 0.240 e. The summed E-state index contributed by atoms with van der Waals surface area (Å²) in [6.07, 6.45) is 22.4.